The number of aromatic hydroxyl groups is 1. The van der Waals surface area contributed by atoms with Crippen LogP contribution in [0.15, 0.2) is 120 Å². The van der Waals surface area contributed by atoms with Crippen molar-refractivity contribution in [3.63, 3.8) is 0 Å². The Labute approximate surface area is 171 Å². The standard InChI is InChI=1S/C27H23NO/c29-25-19-11-10-18-24(25)20-28-27(23-16-8-3-9-17-23)26(21-12-4-1-5-13-21)22-14-6-2-7-15-22/h1-20,26-27,29H/t27-/m1/s1. The molecular weight excluding hydrogens is 354 g/mol. The van der Waals surface area contributed by atoms with Crippen LogP contribution in [0.25, 0.3) is 0 Å². The van der Waals surface area contributed by atoms with E-state index in [0.717, 1.165) is 5.56 Å². The number of nitrogens with zero attached hydrogens (tertiary/aromatic N) is 1. The van der Waals surface area contributed by atoms with Gasteiger partial charge in [-0.2, -0.15) is 0 Å². The van der Waals surface area contributed by atoms with E-state index >= 15 is 0 Å². The monoisotopic (exact) mass is 377 g/mol. The lowest BCUT2D eigenvalue weighted by molar-refractivity contribution is 0.474. The maximum atomic E-state index is 10.2. The van der Waals surface area contributed by atoms with Crippen LogP contribution in [-0.4, -0.2) is 11.3 Å². The Balaban J connectivity index is 1.84. The van der Waals surface area contributed by atoms with Gasteiger partial charge in [0.1, 0.15) is 5.75 Å². The van der Waals surface area contributed by atoms with Crippen molar-refractivity contribution < 1.29 is 5.11 Å². The van der Waals surface area contributed by atoms with Gasteiger partial charge in [-0.05, 0) is 28.8 Å². The molecule has 1 N–H and O–H groups in total. The molecule has 0 aliphatic carbocycles. The summed E-state index contributed by atoms with van der Waals surface area (Å²) in [6.45, 7) is 0. The van der Waals surface area contributed by atoms with Crippen molar-refractivity contribution in [3.05, 3.63) is 138 Å². The van der Waals surface area contributed by atoms with Gasteiger partial charge in [-0.25, -0.2) is 0 Å². The van der Waals surface area contributed by atoms with Crippen molar-refractivity contribution in [2.45, 2.75) is 12.0 Å². The van der Waals surface area contributed by atoms with Gasteiger partial charge in [0.05, 0.1) is 6.04 Å². The highest BCUT2D eigenvalue weighted by Crippen LogP contribution is 2.39. The fourth-order valence-corrected chi connectivity index (χ4v) is 3.65. The molecule has 4 aromatic carbocycles. The third-order valence-electron chi connectivity index (χ3n) is 5.09. The predicted molar refractivity (Wildman–Crippen MR) is 120 cm³/mol. The molecular formula is C27H23NO. The van der Waals surface area contributed by atoms with Crippen molar-refractivity contribution in [1.82, 2.24) is 0 Å². The van der Waals surface area contributed by atoms with Crippen LogP contribution < -0.4 is 0 Å². The van der Waals surface area contributed by atoms with Crippen molar-refractivity contribution in [2.24, 2.45) is 4.99 Å². The van der Waals surface area contributed by atoms with Crippen molar-refractivity contribution in [3.8, 4) is 5.75 Å². The highest BCUT2D eigenvalue weighted by atomic mass is 16.3. The van der Waals surface area contributed by atoms with Crippen molar-refractivity contribution >= 4 is 6.21 Å². The molecule has 142 valence electrons. The van der Waals surface area contributed by atoms with E-state index in [0.29, 0.717) is 5.56 Å². The average molecular weight is 377 g/mol. The van der Waals surface area contributed by atoms with Crippen LogP contribution in [0, 0.1) is 0 Å². The van der Waals surface area contributed by atoms with Crippen LogP contribution in [-0.2, 0) is 0 Å². The Morgan fingerprint density at radius 2 is 1.00 bits per heavy atom. The molecule has 0 aliphatic rings. The van der Waals surface area contributed by atoms with Crippen molar-refractivity contribution in [2.75, 3.05) is 0 Å². The van der Waals surface area contributed by atoms with E-state index in [4.69, 9.17) is 4.99 Å². The summed E-state index contributed by atoms with van der Waals surface area (Å²) in [6.07, 6.45) is 1.78. The molecule has 4 rings (SSSR count). The van der Waals surface area contributed by atoms with Crippen molar-refractivity contribution in [1.29, 1.82) is 0 Å². The van der Waals surface area contributed by atoms with Gasteiger partial charge in [-0.15, -0.1) is 0 Å². The van der Waals surface area contributed by atoms with Crippen LogP contribution >= 0.6 is 0 Å². The predicted octanol–water partition coefficient (Wildman–Crippen LogP) is 6.38. The van der Waals surface area contributed by atoms with Gasteiger partial charge in [0.15, 0.2) is 0 Å². The molecule has 0 unspecified atom stereocenters. The second-order valence-electron chi connectivity index (χ2n) is 6.99. The zero-order valence-corrected chi connectivity index (χ0v) is 16.1. The minimum absolute atomic E-state index is 0.0573. The van der Waals surface area contributed by atoms with Gasteiger partial charge in [0, 0.05) is 17.7 Å². The Morgan fingerprint density at radius 3 is 1.52 bits per heavy atom. The van der Waals surface area contributed by atoms with E-state index in [9.17, 15) is 5.11 Å². The van der Waals surface area contributed by atoms with E-state index in [1.807, 2.05) is 48.5 Å². The highest BCUT2D eigenvalue weighted by molar-refractivity contribution is 5.83. The summed E-state index contributed by atoms with van der Waals surface area (Å²) in [5, 5.41) is 10.2. The SMILES string of the molecule is Oc1ccccc1C=N[C@H](c1ccccc1)C(c1ccccc1)c1ccccc1. The van der Waals surface area contributed by atoms with E-state index < -0.39 is 0 Å². The summed E-state index contributed by atoms with van der Waals surface area (Å²) < 4.78 is 0. The average Bonchev–Trinajstić information content (AvgIpc) is 2.79. The molecule has 2 nitrogen and oxygen atoms in total. The maximum Gasteiger partial charge on any atom is 0.124 e. The fourth-order valence-electron chi connectivity index (χ4n) is 3.65. The van der Waals surface area contributed by atoms with Gasteiger partial charge in [0.25, 0.3) is 0 Å². The smallest absolute Gasteiger partial charge is 0.124 e. The number of benzene rings is 4. The molecule has 0 bridgehead atoms. The Hall–Kier alpha value is -3.65. The molecule has 0 amide bonds. The topological polar surface area (TPSA) is 32.6 Å². The van der Waals surface area contributed by atoms with Gasteiger partial charge < -0.3 is 5.11 Å². The molecule has 1 atom stereocenters. The molecule has 0 aromatic heterocycles. The second kappa shape index (κ2) is 9.03. The lowest BCUT2D eigenvalue weighted by Gasteiger charge is -2.26. The summed E-state index contributed by atoms with van der Waals surface area (Å²) in [6, 6.07) is 38.5. The van der Waals surface area contributed by atoms with E-state index in [1.165, 1.54) is 11.1 Å². The summed E-state index contributed by atoms with van der Waals surface area (Å²) in [5.41, 5.74) is 4.27. The zero-order chi connectivity index (χ0) is 19.9. The lowest BCUT2D eigenvalue weighted by atomic mass is 9.82. The molecule has 29 heavy (non-hydrogen) atoms. The Morgan fingerprint density at radius 1 is 0.552 bits per heavy atom. The molecule has 0 spiro atoms. The lowest BCUT2D eigenvalue weighted by Crippen LogP contribution is -2.12. The van der Waals surface area contributed by atoms with Crippen LogP contribution in [0.4, 0.5) is 0 Å². The van der Waals surface area contributed by atoms with E-state index in [-0.39, 0.29) is 17.7 Å². The maximum absolute atomic E-state index is 10.2. The third kappa shape index (κ3) is 4.44. The van der Waals surface area contributed by atoms with Gasteiger partial charge in [-0.1, -0.05) is 103 Å². The number of aliphatic imine (C=N–C) groups is 1. The van der Waals surface area contributed by atoms with Gasteiger partial charge >= 0.3 is 0 Å². The minimum atomic E-state index is -0.124. The Bertz CT molecular complexity index is 1020. The molecule has 0 saturated carbocycles. The molecule has 0 heterocycles. The number of hydrogen-bond donors (Lipinski definition) is 1. The van der Waals surface area contributed by atoms with E-state index in [2.05, 4.69) is 60.7 Å². The normalized spacial score (nSPS) is 12.3. The molecule has 0 saturated heterocycles. The zero-order valence-electron chi connectivity index (χ0n) is 16.1. The number of phenols is 1. The number of phenolic OH excluding ortho intramolecular Hbond substituents is 1. The minimum Gasteiger partial charge on any atom is -0.507 e. The molecule has 0 radical (unpaired) electrons. The first-order valence-corrected chi connectivity index (χ1v) is 9.79. The van der Waals surface area contributed by atoms with E-state index in [1.54, 1.807) is 12.3 Å². The third-order valence-corrected chi connectivity index (χ3v) is 5.09. The summed E-state index contributed by atoms with van der Waals surface area (Å²) in [7, 11) is 0. The first-order chi connectivity index (χ1) is 14.3. The summed E-state index contributed by atoms with van der Waals surface area (Å²) in [5.74, 6) is 0.293. The highest BCUT2D eigenvalue weighted by Gasteiger charge is 2.25. The number of para-hydroxylation sites is 1. The molecule has 0 aliphatic heterocycles. The van der Waals surface area contributed by atoms with Gasteiger partial charge in [0.2, 0.25) is 0 Å². The Kier molecular flexibility index (Phi) is 5.82. The van der Waals surface area contributed by atoms with Crippen LogP contribution in [0.5, 0.6) is 5.75 Å². The summed E-state index contributed by atoms with van der Waals surface area (Å²) in [4.78, 5) is 4.99. The fraction of sp³-hybridized carbons (Fsp3) is 0.0741. The first kappa shape index (κ1) is 18.7. The number of hydrogen-bond acceptors (Lipinski definition) is 2. The second-order valence-corrected chi connectivity index (χ2v) is 6.99. The first-order valence-electron chi connectivity index (χ1n) is 9.79. The van der Waals surface area contributed by atoms with Crippen LogP contribution in [0.1, 0.15) is 34.2 Å². The quantitative estimate of drug-likeness (QED) is 0.388. The van der Waals surface area contributed by atoms with Crippen LogP contribution in [0.3, 0.4) is 0 Å². The molecule has 2 heteroatoms. The number of rotatable bonds is 6. The largest absolute Gasteiger partial charge is 0.507 e. The van der Waals surface area contributed by atoms with Gasteiger partial charge in [-0.3, -0.25) is 4.99 Å². The molecule has 4 aromatic rings. The summed E-state index contributed by atoms with van der Waals surface area (Å²) >= 11 is 0. The molecule has 0 fully saturated rings. The van der Waals surface area contributed by atoms with Crippen LogP contribution in [0.2, 0.25) is 0 Å².